The number of hydrogen-bond acceptors (Lipinski definition) is 5. The Kier molecular flexibility index (Phi) is 4.66. The quantitative estimate of drug-likeness (QED) is 0.872. The minimum atomic E-state index is -0.922. The summed E-state index contributed by atoms with van der Waals surface area (Å²) in [5, 5.41) is 12.1. The topological polar surface area (TPSA) is 78.4 Å². The van der Waals surface area contributed by atoms with Gasteiger partial charge in [0.2, 0.25) is 5.95 Å². The van der Waals surface area contributed by atoms with Gasteiger partial charge in [-0.25, -0.2) is 18.7 Å². The highest BCUT2D eigenvalue weighted by Gasteiger charge is 2.35. The number of nitrogens with one attached hydrogen (secondary N) is 1. The molecule has 2 aromatic rings. The highest BCUT2D eigenvalue weighted by molar-refractivity contribution is 5.95. The molecule has 0 radical (unpaired) electrons. The second kappa shape index (κ2) is 6.88. The molecule has 6 nitrogen and oxygen atoms in total. The number of halogens is 2. The predicted octanol–water partition coefficient (Wildman–Crippen LogP) is 0.982. The molecule has 0 bridgehead atoms. The predicted molar refractivity (Wildman–Crippen MR) is 82.4 cm³/mol. The minimum absolute atomic E-state index is 0.173. The molecular formula is C16H16F2N4O2. The Morgan fingerprint density at radius 3 is 2.50 bits per heavy atom. The summed E-state index contributed by atoms with van der Waals surface area (Å²) in [6, 6.07) is 4.47. The van der Waals surface area contributed by atoms with Crippen LogP contribution in [0.5, 0.6) is 0 Å². The standard InChI is InChI=1S/C16H16F2N4O2/c17-11-3-1-4-12(18)14(11)15(24)21-13-8-22(7-10(13)9-23)16-19-5-2-6-20-16/h1-6,10,13,23H,7-9H2,(H,21,24). The first-order valence-corrected chi connectivity index (χ1v) is 7.48. The van der Waals surface area contributed by atoms with E-state index in [2.05, 4.69) is 15.3 Å². The number of benzene rings is 1. The molecule has 1 aliphatic rings. The van der Waals surface area contributed by atoms with Crippen LogP contribution in [0.15, 0.2) is 36.7 Å². The van der Waals surface area contributed by atoms with Gasteiger partial charge in [-0.1, -0.05) is 6.07 Å². The first kappa shape index (κ1) is 16.3. The summed E-state index contributed by atoms with van der Waals surface area (Å²) in [7, 11) is 0. The number of anilines is 1. The molecule has 3 rings (SSSR count). The van der Waals surface area contributed by atoms with E-state index in [1.165, 1.54) is 6.07 Å². The lowest BCUT2D eigenvalue weighted by Gasteiger charge is -2.18. The van der Waals surface area contributed by atoms with E-state index in [1.54, 1.807) is 18.5 Å². The SMILES string of the molecule is O=C(NC1CN(c2ncccn2)CC1CO)c1c(F)cccc1F. The molecule has 2 N–H and O–H groups in total. The fraction of sp³-hybridized carbons (Fsp3) is 0.312. The number of amides is 1. The van der Waals surface area contributed by atoms with Crippen LogP contribution >= 0.6 is 0 Å². The van der Waals surface area contributed by atoms with Crippen molar-refractivity contribution in [3.8, 4) is 0 Å². The molecule has 2 unspecified atom stereocenters. The maximum atomic E-state index is 13.7. The molecule has 1 amide bonds. The van der Waals surface area contributed by atoms with Crippen LogP contribution < -0.4 is 10.2 Å². The van der Waals surface area contributed by atoms with Gasteiger partial charge in [0.15, 0.2) is 0 Å². The summed E-state index contributed by atoms with van der Waals surface area (Å²) in [6.45, 7) is 0.607. The molecule has 126 valence electrons. The smallest absolute Gasteiger partial charge is 0.257 e. The Labute approximate surface area is 137 Å². The number of aliphatic hydroxyl groups excluding tert-OH is 1. The lowest BCUT2D eigenvalue weighted by atomic mass is 10.0. The van der Waals surface area contributed by atoms with Gasteiger partial charge in [0.25, 0.3) is 5.91 Å². The van der Waals surface area contributed by atoms with Crippen molar-refractivity contribution in [2.75, 3.05) is 24.6 Å². The second-order valence-corrected chi connectivity index (χ2v) is 5.57. The number of nitrogens with zero attached hydrogens (tertiary/aromatic N) is 3. The zero-order valence-electron chi connectivity index (χ0n) is 12.7. The summed E-state index contributed by atoms with van der Waals surface area (Å²) in [5.74, 6) is -2.49. The lowest BCUT2D eigenvalue weighted by Crippen LogP contribution is -2.42. The van der Waals surface area contributed by atoms with Crippen LogP contribution in [-0.2, 0) is 0 Å². The zero-order chi connectivity index (χ0) is 17.1. The van der Waals surface area contributed by atoms with E-state index in [0.717, 1.165) is 12.1 Å². The van der Waals surface area contributed by atoms with Gasteiger partial charge in [0, 0.05) is 38.0 Å². The van der Waals surface area contributed by atoms with Crippen molar-refractivity contribution in [3.05, 3.63) is 53.9 Å². The largest absolute Gasteiger partial charge is 0.396 e. The molecule has 2 atom stereocenters. The molecule has 1 saturated heterocycles. The van der Waals surface area contributed by atoms with Crippen molar-refractivity contribution in [2.24, 2.45) is 5.92 Å². The summed E-state index contributed by atoms with van der Waals surface area (Å²) in [6.07, 6.45) is 3.19. The summed E-state index contributed by atoms with van der Waals surface area (Å²) < 4.78 is 27.4. The average molecular weight is 334 g/mol. The van der Waals surface area contributed by atoms with Gasteiger partial charge in [0.05, 0.1) is 6.04 Å². The number of aromatic nitrogens is 2. The lowest BCUT2D eigenvalue weighted by molar-refractivity contribution is 0.0913. The zero-order valence-corrected chi connectivity index (χ0v) is 12.7. The highest BCUT2D eigenvalue weighted by Crippen LogP contribution is 2.21. The Hall–Kier alpha value is -2.61. The Morgan fingerprint density at radius 2 is 1.88 bits per heavy atom. The molecule has 1 fully saturated rings. The van der Waals surface area contributed by atoms with Crippen LogP contribution in [0, 0.1) is 17.6 Å². The average Bonchev–Trinajstić information content (AvgIpc) is 2.98. The summed E-state index contributed by atoms with van der Waals surface area (Å²) in [4.78, 5) is 22.3. The van der Waals surface area contributed by atoms with Crippen molar-refractivity contribution in [1.29, 1.82) is 0 Å². The molecule has 1 aromatic carbocycles. The molecule has 0 saturated carbocycles. The van der Waals surface area contributed by atoms with Crippen molar-refractivity contribution in [2.45, 2.75) is 6.04 Å². The molecule has 0 spiro atoms. The molecule has 8 heteroatoms. The minimum Gasteiger partial charge on any atom is -0.396 e. The van der Waals surface area contributed by atoms with Gasteiger partial charge in [0.1, 0.15) is 17.2 Å². The van der Waals surface area contributed by atoms with Crippen molar-refractivity contribution < 1.29 is 18.7 Å². The molecular weight excluding hydrogens is 318 g/mol. The molecule has 0 aliphatic carbocycles. The number of hydrogen-bond donors (Lipinski definition) is 2. The van der Waals surface area contributed by atoms with Crippen molar-refractivity contribution in [3.63, 3.8) is 0 Å². The van der Waals surface area contributed by atoms with E-state index >= 15 is 0 Å². The van der Waals surface area contributed by atoms with Gasteiger partial charge < -0.3 is 15.3 Å². The van der Waals surface area contributed by atoms with E-state index in [-0.39, 0.29) is 12.5 Å². The highest BCUT2D eigenvalue weighted by atomic mass is 19.1. The number of aliphatic hydroxyl groups is 1. The Morgan fingerprint density at radius 1 is 1.21 bits per heavy atom. The fourth-order valence-electron chi connectivity index (χ4n) is 2.79. The molecule has 1 aromatic heterocycles. The second-order valence-electron chi connectivity index (χ2n) is 5.57. The molecule has 2 heterocycles. The van der Waals surface area contributed by atoms with E-state index < -0.39 is 29.1 Å². The first-order valence-electron chi connectivity index (χ1n) is 7.48. The van der Waals surface area contributed by atoms with E-state index in [4.69, 9.17) is 0 Å². The number of rotatable bonds is 4. The molecule has 1 aliphatic heterocycles. The maximum Gasteiger partial charge on any atom is 0.257 e. The third-order valence-electron chi connectivity index (χ3n) is 4.02. The van der Waals surface area contributed by atoms with E-state index in [1.807, 2.05) is 4.90 Å². The Bertz CT molecular complexity index is 709. The summed E-state index contributed by atoms with van der Waals surface area (Å²) >= 11 is 0. The van der Waals surface area contributed by atoms with Crippen LogP contribution in [0.3, 0.4) is 0 Å². The Balaban J connectivity index is 1.75. The van der Waals surface area contributed by atoms with Crippen LogP contribution in [-0.4, -0.2) is 46.7 Å². The third kappa shape index (κ3) is 3.18. The van der Waals surface area contributed by atoms with E-state index in [9.17, 15) is 18.7 Å². The first-order chi connectivity index (χ1) is 11.6. The maximum absolute atomic E-state index is 13.7. The fourth-order valence-corrected chi connectivity index (χ4v) is 2.79. The van der Waals surface area contributed by atoms with Crippen LogP contribution in [0.25, 0.3) is 0 Å². The van der Waals surface area contributed by atoms with Crippen molar-refractivity contribution >= 4 is 11.9 Å². The summed E-state index contributed by atoms with van der Waals surface area (Å²) in [5.41, 5.74) is -0.622. The van der Waals surface area contributed by atoms with Gasteiger partial charge in [-0.05, 0) is 18.2 Å². The van der Waals surface area contributed by atoms with Crippen LogP contribution in [0.1, 0.15) is 10.4 Å². The van der Waals surface area contributed by atoms with Crippen LogP contribution in [0.4, 0.5) is 14.7 Å². The number of carbonyl (C=O) groups is 1. The number of carbonyl (C=O) groups excluding carboxylic acids is 1. The van der Waals surface area contributed by atoms with Gasteiger partial charge >= 0.3 is 0 Å². The van der Waals surface area contributed by atoms with E-state index in [0.29, 0.717) is 19.0 Å². The third-order valence-corrected chi connectivity index (χ3v) is 4.02. The van der Waals surface area contributed by atoms with Gasteiger partial charge in [-0.2, -0.15) is 0 Å². The van der Waals surface area contributed by atoms with Gasteiger partial charge in [-0.3, -0.25) is 4.79 Å². The molecule has 24 heavy (non-hydrogen) atoms. The monoisotopic (exact) mass is 334 g/mol. The normalized spacial score (nSPS) is 20.2. The van der Waals surface area contributed by atoms with Crippen molar-refractivity contribution in [1.82, 2.24) is 15.3 Å². The van der Waals surface area contributed by atoms with Crippen LogP contribution in [0.2, 0.25) is 0 Å². The van der Waals surface area contributed by atoms with Gasteiger partial charge in [-0.15, -0.1) is 0 Å².